The quantitative estimate of drug-likeness (QED) is 0.214. The molecule has 6 nitrogen and oxygen atoms in total. The molecule has 2 amide bonds. The molecule has 1 saturated carbocycles. The molecule has 2 aliphatic rings. The standard InChI is InChI=1S/C37H44N4O2S/c1-23-18-24(2)34(25(3)19-23)40-35(43)37(13-16-44-17-14-37)41(22-27-10-9-15-38-21-27)31(42)20-29-33(36(29,5)6)32-26(4)39-30-12-8-7-11-28(30)32/h7-12,15,18-19,21,29,33,39H,13-14,16-17,20,22H2,1-6H3,(H,40,43)/t29-,33+/m0/s1. The first kappa shape index (κ1) is 30.4. The monoisotopic (exact) mass is 608 g/mol. The lowest BCUT2D eigenvalue weighted by molar-refractivity contribution is -0.147. The summed E-state index contributed by atoms with van der Waals surface area (Å²) in [6, 6.07) is 16.6. The SMILES string of the molecule is Cc1cc(C)c(NC(=O)C2(N(Cc3cccnc3)C(=O)C[C@H]3[C@H](c4c(C)[nH]c5ccccc45)C3(C)C)CCSCC2)c(C)c1. The molecule has 0 unspecified atom stereocenters. The number of hydrogen-bond donors (Lipinski definition) is 2. The maximum absolute atomic E-state index is 14.7. The molecular formula is C37H44N4O2S. The van der Waals surface area contributed by atoms with Gasteiger partial charge in [-0.2, -0.15) is 11.8 Å². The van der Waals surface area contributed by atoms with Crippen molar-refractivity contribution in [3.05, 3.63) is 94.4 Å². The summed E-state index contributed by atoms with van der Waals surface area (Å²) in [6.07, 6.45) is 5.22. The van der Waals surface area contributed by atoms with Gasteiger partial charge in [-0.15, -0.1) is 0 Å². The summed E-state index contributed by atoms with van der Waals surface area (Å²) in [5.41, 5.74) is 7.72. The van der Waals surface area contributed by atoms with Crippen LogP contribution in [0.5, 0.6) is 0 Å². The number of aromatic nitrogens is 2. The van der Waals surface area contributed by atoms with Gasteiger partial charge in [-0.3, -0.25) is 14.6 Å². The number of fused-ring (bicyclic) bond motifs is 1. The molecule has 2 fully saturated rings. The third kappa shape index (κ3) is 5.44. The fourth-order valence-electron chi connectivity index (χ4n) is 7.78. The van der Waals surface area contributed by atoms with Gasteiger partial charge < -0.3 is 15.2 Å². The van der Waals surface area contributed by atoms with E-state index in [1.807, 2.05) is 48.8 Å². The lowest BCUT2D eigenvalue weighted by Gasteiger charge is -2.45. The van der Waals surface area contributed by atoms with Gasteiger partial charge in [0.15, 0.2) is 0 Å². The van der Waals surface area contributed by atoms with Crippen molar-refractivity contribution in [2.45, 2.75) is 78.8 Å². The summed E-state index contributed by atoms with van der Waals surface area (Å²) in [5.74, 6) is 2.09. The number of pyridine rings is 1. The molecule has 1 aliphatic heterocycles. The van der Waals surface area contributed by atoms with Gasteiger partial charge in [0.1, 0.15) is 5.54 Å². The second-order valence-electron chi connectivity index (χ2n) is 13.5. The van der Waals surface area contributed by atoms with Crippen molar-refractivity contribution >= 4 is 40.2 Å². The highest BCUT2D eigenvalue weighted by atomic mass is 32.2. The van der Waals surface area contributed by atoms with Crippen LogP contribution >= 0.6 is 11.8 Å². The van der Waals surface area contributed by atoms with E-state index >= 15 is 0 Å². The Bertz CT molecular complexity index is 1680. The van der Waals surface area contributed by atoms with Crippen LogP contribution in [-0.4, -0.2) is 43.7 Å². The number of rotatable bonds is 8. The van der Waals surface area contributed by atoms with Gasteiger partial charge >= 0.3 is 0 Å². The van der Waals surface area contributed by atoms with Crippen molar-refractivity contribution < 1.29 is 9.59 Å². The minimum Gasteiger partial charge on any atom is -0.358 e. The zero-order valence-electron chi connectivity index (χ0n) is 26.8. The Morgan fingerprint density at radius 2 is 1.73 bits per heavy atom. The summed E-state index contributed by atoms with van der Waals surface area (Å²) >= 11 is 1.86. The largest absolute Gasteiger partial charge is 0.358 e. The van der Waals surface area contributed by atoms with E-state index in [1.165, 1.54) is 22.2 Å². The van der Waals surface area contributed by atoms with Gasteiger partial charge in [0.25, 0.3) is 0 Å². The van der Waals surface area contributed by atoms with E-state index in [0.717, 1.165) is 39.4 Å². The highest BCUT2D eigenvalue weighted by Gasteiger charge is 2.60. The number of benzene rings is 2. The van der Waals surface area contributed by atoms with Crippen LogP contribution in [0.25, 0.3) is 10.9 Å². The van der Waals surface area contributed by atoms with Crippen molar-refractivity contribution in [1.82, 2.24) is 14.9 Å². The lowest BCUT2D eigenvalue weighted by atomic mass is 9.87. The predicted octanol–water partition coefficient (Wildman–Crippen LogP) is 7.86. The van der Waals surface area contributed by atoms with Gasteiger partial charge in [0.2, 0.25) is 11.8 Å². The molecule has 230 valence electrons. The number of amides is 2. The van der Waals surface area contributed by atoms with Crippen LogP contribution in [0.3, 0.4) is 0 Å². The molecular weight excluding hydrogens is 565 g/mol. The Labute approximate surface area is 265 Å². The number of carbonyl (C=O) groups is 2. The first-order valence-electron chi connectivity index (χ1n) is 15.8. The molecule has 1 saturated heterocycles. The van der Waals surface area contributed by atoms with Gasteiger partial charge in [-0.05, 0) is 104 Å². The van der Waals surface area contributed by atoms with Crippen molar-refractivity contribution in [2.24, 2.45) is 11.3 Å². The van der Waals surface area contributed by atoms with Crippen molar-refractivity contribution in [2.75, 3.05) is 16.8 Å². The average molecular weight is 609 g/mol. The summed E-state index contributed by atoms with van der Waals surface area (Å²) in [6.45, 7) is 13.2. The Morgan fingerprint density at radius 3 is 2.41 bits per heavy atom. The summed E-state index contributed by atoms with van der Waals surface area (Å²) < 4.78 is 0. The van der Waals surface area contributed by atoms with Crippen LogP contribution in [0.15, 0.2) is 60.9 Å². The number of H-pyrrole nitrogens is 1. The Kier molecular flexibility index (Phi) is 8.12. The molecule has 6 rings (SSSR count). The van der Waals surface area contributed by atoms with Gasteiger partial charge in [-0.1, -0.05) is 55.8 Å². The van der Waals surface area contributed by atoms with E-state index in [4.69, 9.17) is 0 Å². The maximum Gasteiger partial charge on any atom is 0.250 e. The van der Waals surface area contributed by atoms with Gasteiger partial charge in [-0.25, -0.2) is 0 Å². The van der Waals surface area contributed by atoms with Crippen LogP contribution in [0.2, 0.25) is 0 Å². The molecule has 44 heavy (non-hydrogen) atoms. The van der Waals surface area contributed by atoms with Gasteiger partial charge in [0, 0.05) is 47.6 Å². The van der Waals surface area contributed by atoms with E-state index < -0.39 is 5.54 Å². The maximum atomic E-state index is 14.7. The number of carbonyl (C=O) groups excluding carboxylic acids is 2. The fourth-order valence-corrected chi connectivity index (χ4v) is 8.95. The number of anilines is 1. The van der Waals surface area contributed by atoms with E-state index in [9.17, 15) is 9.59 Å². The molecule has 2 atom stereocenters. The van der Waals surface area contributed by atoms with E-state index in [2.05, 4.69) is 79.4 Å². The Hall–Kier alpha value is -3.58. The van der Waals surface area contributed by atoms with Crippen molar-refractivity contribution in [3.63, 3.8) is 0 Å². The van der Waals surface area contributed by atoms with Crippen molar-refractivity contribution in [3.8, 4) is 0 Å². The molecule has 7 heteroatoms. The number of para-hydroxylation sites is 1. The fraction of sp³-hybridized carbons (Fsp3) is 0.432. The van der Waals surface area contributed by atoms with Crippen LogP contribution in [0.1, 0.15) is 72.5 Å². The third-order valence-electron chi connectivity index (χ3n) is 10.2. The summed E-state index contributed by atoms with van der Waals surface area (Å²) in [7, 11) is 0. The molecule has 2 aromatic heterocycles. The molecule has 2 N–H and O–H groups in total. The van der Waals surface area contributed by atoms with E-state index in [0.29, 0.717) is 25.8 Å². The smallest absolute Gasteiger partial charge is 0.250 e. The van der Waals surface area contributed by atoms with Crippen LogP contribution in [-0.2, 0) is 16.1 Å². The number of thioether (sulfide) groups is 1. The summed E-state index contributed by atoms with van der Waals surface area (Å²) in [4.78, 5) is 39.1. The number of nitrogens with zero attached hydrogens (tertiary/aromatic N) is 2. The van der Waals surface area contributed by atoms with E-state index in [-0.39, 0.29) is 29.1 Å². The summed E-state index contributed by atoms with van der Waals surface area (Å²) in [5, 5.41) is 4.56. The molecule has 0 radical (unpaired) electrons. The molecule has 2 aromatic carbocycles. The molecule has 0 spiro atoms. The molecule has 3 heterocycles. The Morgan fingerprint density at radius 1 is 1.02 bits per heavy atom. The first-order chi connectivity index (χ1) is 21.0. The van der Waals surface area contributed by atoms with Gasteiger partial charge in [0.05, 0.1) is 0 Å². The zero-order valence-corrected chi connectivity index (χ0v) is 27.6. The number of hydrogen-bond acceptors (Lipinski definition) is 4. The molecule has 0 bridgehead atoms. The first-order valence-corrected chi connectivity index (χ1v) is 16.9. The number of aryl methyl sites for hydroxylation is 4. The van der Waals surface area contributed by atoms with Crippen LogP contribution in [0.4, 0.5) is 5.69 Å². The second kappa shape index (κ2) is 11.7. The van der Waals surface area contributed by atoms with Crippen LogP contribution in [0, 0.1) is 39.0 Å². The minimum absolute atomic E-state index is 0.0285. The molecule has 4 aromatic rings. The van der Waals surface area contributed by atoms with Crippen LogP contribution < -0.4 is 5.32 Å². The highest BCUT2D eigenvalue weighted by Crippen LogP contribution is 2.67. The number of aromatic amines is 1. The van der Waals surface area contributed by atoms with E-state index in [1.54, 1.807) is 6.20 Å². The average Bonchev–Trinajstić information content (AvgIpc) is 3.34. The third-order valence-corrected chi connectivity index (χ3v) is 11.2. The predicted molar refractivity (Wildman–Crippen MR) is 181 cm³/mol. The highest BCUT2D eigenvalue weighted by molar-refractivity contribution is 7.99. The second-order valence-corrected chi connectivity index (χ2v) is 14.8. The topological polar surface area (TPSA) is 78.1 Å². The number of nitrogens with one attached hydrogen (secondary N) is 2. The van der Waals surface area contributed by atoms with Crippen molar-refractivity contribution in [1.29, 1.82) is 0 Å². The normalized spacial score (nSPS) is 20.3. The Balaban J connectivity index is 1.35. The minimum atomic E-state index is -0.937. The lowest BCUT2D eigenvalue weighted by Crippen LogP contribution is -2.60. The zero-order chi connectivity index (χ0) is 31.2. The molecule has 1 aliphatic carbocycles.